The average molecular weight is 161 g/mol. The maximum Gasteiger partial charge on any atom is 0.163 e. The summed E-state index contributed by atoms with van der Waals surface area (Å²) in [6, 6.07) is 10.1. The Hall–Kier alpha value is -1.11. The minimum Gasteiger partial charge on any atom is -0.294 e. The van der Waals surface area contributed by atoms with E-state index in [0.29, 0.717) is 12.3 Å². The van der Waals surface area contributed by atoms with Gasteiger partial charge in [-0.25, -0.2) is 0 Å². The Bertz CT molecular complexity index is 249. The van der Waals surface area contributed by atoms with E-state index in [4.69, 9.17) is 0 Å². The zero-order valence-corrected chi connectivity index (χ0v) is 7.50. The van der Waals surface area contributed by atoms with Crippen LogP contribution in [0.1, 0.15) is 30.6 Å². The molecule has 1 radical (unpaired) electrons. The standard InChI is InChI=1S/C11H13O/c1-9(2)8-11(12)10-6-4-3-5-7-10/h3-4,6-7,9H,8H2,1-2H3. The topological polar surface area (TPSA) is 17.1 Å². The summed E-state index contributed by atoms with van der Waals surface area (Å²) in [5.74, 6) is 0.638. The Morgan fingerprint density at radius 2 is 2.33 bits per heavy atom. The molecule has 0 spiro atoms. The number of hydrogen-bond acceptors (Lipinski definition) is 1. The molecule has 0 saturated heterocycles. The second kappa shape index (κ2) is 4.05. The summed E-state index contributed by atoms with van der Waals surface area (Å²) in [6.45, 7) is 4.09. The number of hydrogen-bond donors (Lipinski definition) is 0. The van der Waals surface area contributed by atoms with Crippen LogP contribution >= 0.6 is 0 Å². The molecule has 0 N–H and O–H groups in total. The fraction of sp³-hybridized carbons (Fsp3) is 0.364. The highest BCUT2D eigenvalue weighted by Gasteiger charge is 2.06. The Morgan fingerprint density at radius 1 is 1.58 bits per heavy atom. The van der Waals surface area contributed by atoms with Gasteiger partial charge in [0.25, 0.3) is 0 Å². The molecule has 0 aromatic heterocycles. The molecule has 1 aromatic rings. The fourth-order valence-corrected chi connectivity index (χ4v) is 1.06. The predicted molar refractivity (Wildman–Crippen MR) is 49.1 cm³/mol. The molecule has 0 aliphatic carbocycles. The van der Waals surface area contributed by atoms with Gasteiger partial charge in [0, 0.05) is 12.0 Å². The van der Waals surface area contributed by atoms with Crippen molar-refractivity contribution in [1.29, 1.82) is 0 Å². The monoisotopic (exact) mass is 161 g/mol. The molecule has 0 bridgehead atoms. The van der Waals surface area contributed by atoms with Crippen LogP contribution in [0.4, 0.5) is 0 Å². The number of ketones is 1. The van der Waals surface area contributed by atoms with Gasteiger partial charge in [0.15, 0.2) is 5.78 Å². The summed E-state index contributed by atoms with van der Waals surface area (Å²) in [7, 11) is 0. The third-order valence-corrected chi connectivity index (χ3v) is 1.62. The van der Waals surface area contributed by atoms with E-state index in [-0.39, 0.29) is 5.78 Å². The largest absolute Gasteiger partial charge is 0.294 e. The molecule has 0 heterocycles. The van der Waals surface area contributed by atoms with E-state index in [1.165, 1.54) is 0 Å². The number of benzene rings is 1. The van der Waals surface area contributed by atoms with Gasteiger partial charge in [0.2, 0.25) is 0 Å². The van der Waals surface area contributed by atoms with Crippen molar-refractivity contribution in [2.45, 2.75) is 20.3 Å². The zero-order chi connectivity index (χ0) is 8.97. The summed E-state index contributed by atoms with van der Waals surface area (Å²) in [5.41, 5.74) is 0.770. The molecule has 1 nitrogen and oxygen atoms in total. The van der Waals surface area contributed by atoms with Gasteiger partial charge in [-0.1, -0.05) is 32.0 Å². The van der Waals surface area contributed by atoms with Gasteiger partial charge in [0.05, 0.1) is 0 Å². The van der Waals surface area contributed by atoms with E-state index in [1.807, 2.05) is 26.0 Å². The molecule has 1 rings (SSSR count). The predicted octanol–water partition coefficient (Wildman–Crippen LogP) is 2.72. The van der Waals surface area contributed by atoms with Crippen LogP contribution < -0.4 is 0 Å². The lowest BCUT2D eigenvalue weighted by atomic mass is 10.0. The van der Waals surface area contributed by atoms with Gasteiger partial charge in [-0.3, -0.25) is 4.79 Å². The lowest BCUT2D eigenvalue weighted by Gasteiger charge is -2.02. The van der Waals surface area contributed by atoms with Crippen molar-refractivity contribution in [3.8, 4) is 0 Å². The first kappa shape index (κ1) is 8.98. The van der Waals surface area contributed by atoms with Crippen molar-refractivity contribution in [3.63, 3.8) is 0 Å². The van der Waals surface area contributed by atoms with E-state index in [2.05, 4.69) is 6.07 Å². The maximum atomic E-state index is 11.4. The molecule has 0 atom stereocenters. The number of carbonyl (C=O) groups is 1. The van der Waals surface area contributed by atoms with Gasteiger partial charge in [-0.15, -0.1) is 0 Å². The van der Waals surface area contributed by atoms with E-state index in [0.717, 1.165) is 5.56 Å². The highest BCUT2D eigenvalue weighted by molar-refractivity contribution is 5.96. The molecule has 0 aliphatic rings. The molecule has 1 aromatic carbocycles. The highest BCUT2D eigenvalue weighted by atomic mass is 16.1. The third kappa shape index (κ3) is 2.50. The van der Waals surface area contributed by atoms with Gasteiger partial charge < -0.3 is 0 Å². The fourth-order valence-electron chi connectivity index (χ4n) is 1.06. The summed E-state index contributed by atoms with van der Waals surface area (Å²) < 4.78 is 0. The van der Waals surface area contributed by atoms with E-state index in [9.17, 15) is 4.79 Å². The van der Waals surface area contributed by atoms with Crippen LogP contribution in [0.5, 0.6) is 0 Å². The number of carbonyl (C=O) groups excluding carboxylic acids is 1. The Labute approximate surface area is 73.4 Å². The molecule has 0 aliphatic heterocycles. The van der Waals surface area contributed by atoms with Crippen LogP contribution in [0.3, 0.4) is 0 Å². The normalized spacial score (nSPS) is 10.2. The van der Waals surface area contributed by atoms with Crippen LogP contribution in [0, 0.1) is 12.0 Å². The van der Waals surface area contributed by atoms with E-state index < -0.39 is 0 Å². The van der Waals surface area contributed by atoms with Crippen molar-refractivity contribution in [2.75, 3.05) is 0 Å². The molecule has 1 heteroatoms. The molecular formula is C11H13O. The maximum absolute atomic E-state index is 11.4. The lowest BCUT2D eigenvalue weighted by Crippen LogP contribution is -2.02. The first-order chi connectivity index (χ1) is 5.70. The smallest absolute Gasteiger partial charge is 0.163 e. The molecule has 63 valence electrons. The summed E-state index contributed by atoms with van der Waals surface area (Å²) in [6.07, 6.45) is 0.623. The van der Waals surface area contributed by atoms with Crippen LogP contribution in [-0.2, 0) is 0 Å². The average Bonchev–Trinajstić information content (AvgIpc) is 2.05. The Morgan fingerprint density at radius 3 is 2.83 bits per heavy atom. The van der Waals surface area contributed by atoms with Crippen LogP contribution in [0.15, 0.2) is 24.3 Å². The van der Waals surface area contributed by atoms with Gasteiger partial charge in [0.1, 0.15) is 0 Å². The van der Waals surface area contributed by atoms with Crippen LogP contribution in [-0.4, -0.2) is 5.78 Å². The Kier molecular flexibility index (Phi) is 3.03. The second-order valence-electron chi connectivity index (χ2n) is 3.31. The summed E-state index contributed by atoms with van der Waals surface area (Å²) in [4.78, 5) is 11.4. The SMILES string of the molecule is CC(C)CC(=O)c1c[c]ccc1. The molecule has 12 heavy (non-hydrogen) atoms. The van der Waals surface area contributed by atoms with Crippen molar-refractivity contribution in [3.05, 3.63) is 35.9 Å². The Balaban J connectivity index is 2.66. The van der Waals surface area contributed by atoms with Crippen LogP contribution in [0.25, 0.3) is 0 Å². The van der Waals surface area contributed by atoms with Gasteiger partial charge in [-0.05, 0) is 18.1 Å². The van der Waals surface area contributed by atoms with Crippen molar-refractivity contribution in [1.82, 2.24) is 0 Å². The third-order valence-electron chi connectivity index (χ3n) is 1.62. The molecule has 0 amide bonds. The summed E-state index contributed by atoms with van der Waals surface area (Å²) >= 11 is 0. The second-order valence-corrected chi connectivity index (χ2v) is 3.31. The minimum absolute atomic E-state index is 0.210. The van der Waals surface area contributed by atoms with Crippen molar-refractivity contribution >= 4 is 5.78 Å². The van der Waals surface area contributed by atoms with E-state index in [1.54, 1.807) is 12.1 Å². The zero-order valence-electron chi connectivity index (χ0n) is 7.50. The van der Waals surface area contributed by atoms with Crippen LogP contribution in [0.2, 0.25) is 0 Å². The van der Waals surface area contributed by atoms with Crippen molar-refractivity contribution in [2.24, 2.45) is 5.92 Å². The molecule has 0 fully saturated rings. The van der Waals surface area contributed by atoms with Gasteiger partial charge >= 0.3 is 0 Å². The first-order valence-corrected chi connectivity index (χ1v) is 4.19. The molecular weight excluding hydrogens is 148 g/mol. The highest BCUT2D eigenvalue weighted by Crippen LogP contribution is 2.07. The lowest BCUT2D eigenvalue weighted by molar-refractivity contribution is 0.0968. The van der Waals surface area contributed by atoms with Crippen molar-refractivity contribution < 1.29 is 4.79 Å². The first-order valence-electron chi connectivity index (χ1n) is 4.19. The minimum atomic E-state index is 0.210. The molecule has 0 saturated carbocycles. The summed E-state index contributed by atoms with van der Waals surface area (Å²) in [5, 5.41) is 0. The van der Waals surface area contributed by atoms with Gasteiger partial charge in [-0.2, -0.15) is 0 Å². The number of rotatable bonds is 3. The molecule has 0 unspecified atom stereocenters. The van der Waals surface area contributed by atoms with E-state index >= 15 is 0 Å². The number of Topliss-reactive ketones (excluding diaryl/α,β-unsaturated/α-hetero) is 1. The quantitative estimate of drug-likeness (QED) is 0.623.